The normalized spacial score (nSPS) is 23.6. The molecule has 0 aromatic rings. The molecule has 0 saturated carbocycles. The Kier molecular flexibility index (Phi) is 6.22. The van der Waals surface area contributed by atoms with Crippen LogP contribution in [-0.2, 0) is 0 Å². The summed E-state index contributed by atoms with van der Waals surface area (Å²) in [7, 11) is 6.50. The lowest BCUT2D eigenvalue weighted by Gasteiger charge is -2.29. The second-order valence-corrected chi connectivity index (χ2v) is 5.13. The zero-order valence-electron chi connectivity index (χ0n) is 10.6. The minimum absolute atomic E-state index is 0.878. The predicted molar refractivity (Wildman–Crippen MR) is 66.3 cm³/mol. The fourth-order valence-electron chi connectivity index (χ4n) is 2.27. The van der Waals surface area contributed by atoms with Crippen molar-refractivity contribution in [2.75, 3.05) is 53.9 Å². The molecular formula is C12H27N3. The van der Waals surface area contributed by atoms with Gasteiger partial charge in [-0.2, -0.15) is 0 Å². The molecule has 0 aromatic carbocycles. The molecule has 1 N–H and O–H groups in total. The van der Waals surface area contributed by atoms with E-state index in [2.05, 4.69) is 36.3 Å². The molecule has 90 valence electrons. The quantitative estimate of drug-likeness (QED) is 0.661. The van der Waals surface area contributed by atoms with Crippen molar-refractivity contribution >= 4 is 0 Å². The van der Waals surface area contributed by atoms with Crippen molar-refractivity contribution < 1.29 is 0 Å². The maximum absolute atomic E-state index is 3.58. The molecule has 0 aromatic heterocycles. The second kappa shape index (κ2) is 7.20. The lowest BCUT2D eigenvalue weighted by Crippen LogP contribution is -2.37. The Bertz CT molecular complexity index is 159. The SMILES string of the molecule is CN(C)CCCNCC1CCCN(C)C1. The van der Waals surface area contributed by atoms with Gasteiger partial charge in [-0.25, -0.2) is 0 Å². The third kappa shape index (κ3) is 6.13. The highest BCUT2D eigenvalue weighted by Crippen LogP contribution is 2.13. The molecular weight excluding hydrogens is 186 g/mol. The fraction of sp³-hybridized carbons (Fsp3) is 1.00. The van der Waals surface area contributed by atoms with Crippen molar-refractivity contribution in [1.82, 2.24) is 15.1 Å². The van der Waals surface area contributed by atoms with Gasteiger partial charge >= 0.3 is 0 Å². The largest absolute Gasteiger partial charge is 0.316 e. The van der Waals surface area contributed by atoms with E-state index < -0.39 is 0 Å². The fourth-order valence-corrected chi connectivity index (χ4v) is 2.27. The summed E-state index contributed by atoms with van der Waals surface area (Å²) >= 11 is 0. The van der Waals surface area contributed by atoms with Gasteiger partial charge in [0.25, 0.3) is 0 Å². The van der Waals surface area contributed by atoms with Gasteiger partial charge in [0.2, 0.25) is 0 Å². The van der Waals surface area contributed by atoms with E-state index in [4.69, 9.17) is 0 Å². The first-order valence-corrected chi connectivity index (χ1v) is 6.22. The summed E-state index contributed by atoms with van der Waals surface area (Å²) in [4.78, 5) is 4.70. The number of piperidine rings is 1. The van der Waals surface area contributed by atoms with Gasteiger partial charge in [-0.15, -0.1) is 0 Å². The topological polar surface area (TPSA) is 18.5 Å². The van der Waals surface area contributed by atoms with Crippen LogP contribution >= 0.6 is 0 Å². The summed E-state index contributed by atoms with van der Waals surface area (Å²) in [6.07, 6.45) is 4.04. The maximum atomic E-state index is 3.58. The predicted octanol–water partition coefficient (Wildman–Crippen LogP) is 0.870. The van der Waals surface area contributed by atoms with Crippen LogP contribution in [0.2, 0.25) is 0 Å². The number of nitrogens with one attached hydrogen (secondary N) is 1. The van der Waals surface area contributed by atoms with Gasteiger partial charge in [0.05, 0.1) is 0 Å². The first kappa shape index (κ1) is 12.9. The Morgan fingerprint density at radius 2 is 2.20 bits per heavy atom. The number of hydrogen-bond donors (Lipinski definition) is 1. The second-order valence-electron chi connectivity index (χ2n) is 5.13. The van der Waals surface area contributed by atoms with Crippen LogP contribution < -0.4 is 5.32 Å². The molecule has 0 radical (unpaired) electrons. The van der Waals surface area contributed by atoms with E-state index in [1.807, 2.05) is 0 Å². The molecule has 3 nitrogen and oxygen atoms in total. The number of likely N-dealkylation sites (tertiary alicyclic amines) is 1. The first-order chi connectivity index (χ1) is 7.18. The smallest absolute Gasteiger partial charge is 0.00187 e. The summed E-state index contributed by atoms with van der Waals surface area (Å²) in [5.74, 6) is 0.878. The Hall–Kier alpha value is -0.120. The van der Waals surface area contributed by atoms with E-state index in [0.29, 0.717) is 0 Å². The summed E-state index contributed by atoms with van der Waals surface area (Å²) in [5, 5.41) is 3.58. The van der Waals surface area contributed by atoms with Gasteiger partial charge in [0, 0.05) is 6.54 Å². The van der Waals surface area contributed by atoms with E-state index in [0.717, 1.165) is 5.92 Å². The van der Waals surface area contributed by atoms with Crippen LogP contribution in [0.5, 0.6) is 0 Å². The van der Waals surface area contributed by atoms with Crippen LogP contribution in [0.15, 0.2) is 0 Å². The molecule has 1 aliphatic heterocycles. The highest BCUT2D eigenvalue weighted by Gasteiger charge is 2.15. The van der Waals surface area contributed by atoms with Gasteiger partial charge in [0.15, 0.2) is 0 Å². The molecule has 1 saturated heterocycles. The van der Waals surface area contributed by atoms with Gasteiger partial charge in [-0.05, 0) is 72.5 Å². The van der Waals surface area contributed by atoms with Crippen molar-refractivity contribution in [3.63, 3.8) is 0 Å². The molecule has 1 unspecified atom stereocenters. The van der Waals surface area contributed by atoms with E-state index in [9.17, 15) is 0 Å². The molecule has 0 aliphatic carbocycles. The van der Waals surface area contributed by atoms with Crippen molar-refractivity contribution in [2.24, 2.45) is 5.92 Å². The highest BCUT2D eigenvalue weighted by atomic mass is 15.1. The molecule has 1 heterocycles. The molecule has 0 amide bonds. The average Bonchev–Trinajstić information content (AvgIpc) is 2.17. The number of rotatable bonds is 6. The molecule has 3 heteroatoms. The molecule has 1 fully saturated rings. The van der Waals surface area contributed by atoms with E-state index in [-0.39, 0.29) is 0 Å². The Balaban J connectivity index is 1.95. The van der Waals surface area contributed by atoms with Crippen molar-refractivity contribution in [1.29, 1.82) is 0 Å². The number of hydrogen-bond acceptors (Lipinski definition) is 3. The van der Waals surface area contributed by atoms with E-state index in [1.54, 1.807) is 0 Å². The molecule has 1 rings (SSSR count). The van der Waals surface area contributed by atoms with Crippen LogP contribution in [-0.4, -0.2) is 63.7 Å². The zero-order valence-corrected chi connectivity index (χ0v) is 10.6. The molecule has 15 heavy (non-hydrogen) atoms. The standard InChI is InChI=1S/C12H27N3/c1-14(2)8-5-7-13-10-12-6-4-9-15(3)11-12/h12-13H,4-11H2,1-3H3. The number of nitrogens with zero attached hydrogens (tertiary/aromatic N) is 2. The Labute approximate surface area is 94.8 Å². The van der Waals surface area contributed by atoms with Gasteiger partial charge < -0.3 is 15.1 Å². The van der Waals surface area contributed by atoms with Gasteiger partial charge in [0.1, 0.15) is 0 Å². The maximum Gasteiger partial charge on any atom is 0.00187 e. The van der Waals surface area contributed by atoms with Crippen molar-refractivity contribution in [3.8, 4) is 0 Å². The van der Waals surface area contributed by atoms with Crippen LogP contribution in [0.25, 0.3) is 0 Å². The summed E-state index contributed by atoms with van der Waals surface area (Å²) in [5.41, 5.74) is 0. The monoisotopic (exact) mass is 213 g/mol. The highest BCUT2D eigenvalue weighted by molar-refractivity contribution is 4.72. The third-order valence-electron chi connectivity index (χ3n) is 3.11. The first-order valence-electron chi connectivity index (χ1n) is 6.22. The summed E-state index contributed by atoms with van der Waals surface area (Å²) in [6, 6.07) is 0. The van der Waals surface area contributed by atoms with Crippen molar-refractivity contribution in [2.45, 2.75) is 19.3 Å². The minimum Gasteiger partial charge on any atom is -0.316 e. The summed E-state index contributed by atoms with van der Waals surface area (Å²) < 4.78 is 0. The van der Waals surface area contributed by atoms with Crippen molar-refractivity contribution in [3.05, 3.63) is 0 Å². The lowest BCUT2D eigenvalue weighted by atomic mass is 9.98. The summed E-state index contributed by atoms with van der Waals surface area (Å²) in [6.45, 7) is 6.13. The van der Waals surface area contributed by atoms with Crippen LogP contribution in [0, 0.1) is 5.92 Å². The molecule has 0 bridgehead atoms. The third-order valence-corrected chi connectivity index (χ3v) is 3.11. The lowest BCUT2D eigenvalue weighted by molar-refractivity contribution is 0.206. The van der Waals surface area contributed by atoms with E-state index >= 15 is 0 Å². The molecule has 0 spiro atoms. The zero-order chi connectivity index (χ0) is 11.1. The van der Waals surface area contributed by atoms with Crippen LogP contribution in [0.4, 0.5) is 0 Å². The minimum atomic E-state index is 0.878. The molecule has 1 atom stereocenters. The van der Waals surface area contributed by atoms with Crippen LogP contribution in [0.3, 0.4) is 0 Å². The Morgan fingerprint density at radius 1 is 1.40 bits per heavy atom. The van der Waals surface area contributed by atoms with Gasteiger partial charge in [-0.3, -0.25) is 0 Å². The molecule has 1 aliphatic rings. The Morgan fingerprint density at radius 3 is 2.87 bits per heavy atom. The van der Waals surface area contributed by atoms with Crippen LogP contribution in [0.1, 0.15) is 19.3 Å². The van der Waals surface area contributed by atoms with E-state index in [1.165, 1.54) is 52.0 Å². The average molecular weight is 213 g/mol. The van der Waals surface area contributed by atoms with Gasteiger partial charge in [-0.1, -0.05) is 0 Å².